The molecule has 2 rings (SSSR count). The van der Waals surface area contributed by atoms with Crippen molar-refractivity contribution in [3.05, 3.63) is 23.8 Å². The standard InChI is InChI=1S/C15H19NO3/c1-4-13(17)11-5-6-14-12(9-11)16(7-8-19-14)15(18)10(2)3/h5-6,9-10H,4,7-8H2,1-3H3. The van der Waals surface area contributed by atoms with Crippen LogP contribution in [-0.2, 0) is 4.79 Å². The van der Waals surface area contributed by atoms with E-state index in [0.29, 0.717) is 36.6 Å². The summed E-state index contributed by atoms with van der Waals surface area (Å²) in [5.74, 6) is 0.736. The van der Waals surface area contributed by atoms with Gasteiger partial charge in [-0.2, -0.15) is 0 Å². The summed E-state index contributed by atoms with van der Waals surface area (Å²) < 4.78 is 5.55. The average Bonchev–Trinajstić information content (AvgIpc) is 2.44. The number of Topliss-reactive ketones (excluding diaryl/α,β-unsaturated/α-hetero) is 1. The van der Waals surface area contributed by atoms with Gasteiger partial charge in [-0.05, 0) is 18.2 Å². The summed E-state index contributed by atoms with van der Waals surface area (Å²) in [6, 6.07) is 5.30. The summed E-state index contributed by atoms with van der Waals surface area (Å²) in [7, 11) is 0. The third-order valence-electron chi connectivity index (χ3n) is 3.23. The molecule has 0 N–H and O–H groups in total. The Balaban J connectivity index is 2.41. The molecule has 0 radical (unpaired) electrons. The van der Waals surface area contributed by atoms with Gasteiger partial charge in [-0.1, -0.05) is 20.8 Å². The SMILES string of the molecule is CCC(=O)c1ccc2c(c1)N(C(=O)C(C)C)CCO2. The largest absolute Gasteiger partial charge is 0.490 e. The second-order valence-corrected chi connectivity index (χ2v) is 4.95. The third kappa shape index (κ3) is 2.62. The maximum absolute atomic E-state index is 12.2. The fourth-order valence-electron chi connectivity index (χ4n) is 2.14. The Morgan fingerprint density at radius 2 is 2.11 bits per heavy atom. The number of ketones is 1. The Morgan fingerprint density at radius 1 is 1.37 bits per heavy atom. The molecule has 4 nitrogen and oxygen atoms in total. The lowest BCUT2D eigenvalue weighted by Gasteiger charge is -2.31. The number of benzene rings is 1. The Morgan fingerprint density at radius 3 is 2.74 bits per heavy atom. The van der Waals surface area contributed by atoms with E-state index in [1.807, 2.05) is 20.8 Å². The van der Waals surface area contributed by atoms with Crippen LogP contribution >= 0.6 is 0 Å². The minimum Gasteiger partial charge on any atom is -0.490 e. The lowest BCUT2D eigenvalue weighted by molar-refractivity contribution is -0.121. The molecule has 1 amide bonds. The zero-order chi connectivity index (χ0) is 14.0. The van der Waals surface area contributed by atoms with Crippen molar-refractivity contribution >= 4 is 17.4 Å². The first-order chi connectivity index (χ1) is 9.04. The van der Waals surface area contributed by atoms with E-state index in [2.05, 4.69) is 0 Å². The number of fused-ring (bicyclic) bond motifs is 1. The van der Waals surface area contributed by atoms with E-state index in [1.165, 1.54) is 0 Å². The molecule has 0 aromatic heterocycles. The molecular formula is C15H19NO3. The van der Waals surface area contributed by atoms with E-state index in [4.69, 9.17) is 4.74 Å². The monoisotopic (exact) mass is 261 g/mol. The van der Waals surface area contributed by atoms with Crippen molar-refractivity contribution in [3.8, 4) is 5.75 Å². The molecule has 1 aliphatic rings. The highest BCUT2D eigenvalue weighted by Crippen LogP contribution is 2.33. The maximum Gasteiger partial charge on any atom is 0.229 e. The molecule has 0 saturated carbocycles. The fourth-order valence-corrected chi connectivity index (χ4v) is 2.14. The second-order valence-electron chi connectivity index (χ2n) is 4.95. The van der Waals surface area contributed by atoms with Crippen molar-refractivity contribution in [1.29, 1.82) is 0 Å². The molecule has 0 saturated heterocycles. The molecule has 1 aromatic carbocycles. The molecule has 19 heavy (non-hydrogen) atoms. The van der Waals surface area contributed by atoms with Crippen LogP contribution in [-0.4, -0.2) is 24.8 Å². The normalized spacial score (nSPS) is 14.0. The van der Waals surface area contributed by atoms with Gasteiger partial charge in [-0.15, -0.1) is 0 Å². The van der Waals surface area contributed by atoms with Crippen LogP contribution in [0.25, 0.3) is 0 Å². The van der Waals surface area contributed by atoms with Crippen molar-refractivity contribution in [2.45, 2.75) is 27.2 Å². The Hall–Kier alpha value is -1.84. The van der Waals surface area contributed by atoms with E-state index < -0.39 is 0 Å². The number of ether oxygens (including phenoxy) is 1. The van der Waals surface area contributed by atoms with Crippen LogP contribution in [0.15, 0.2) is 18.2 Å². The second kappa shape index (κ2) is 5.43. The predicted molar refractivity (Wildman–Crippen MR) is 73.7 cm³/mol. The highest BCUT2D eigenvalue weighted by Gasteiger charge is 2.26. The molecule has 1 heterocycles. The number of hydrogen-bond donors (Lipinski definition) is 0. The van der Waals surface area contributed by atoms with Gasteiger partial charge in [0.05, 0.1) is 12.2 Å². The molecule has 0 unspecified atom stereocenters. The van der Waals surface area contributed by atoms with Crippen molar-refractivity contribution in [2.75, 3.05) is 18.1 Å². The topological polar surface area (TPSA) is 46.6 Å². The fraction of sp³-hybridized carbons (Fsp3) is 0.467. The van der Waals surface area contributed by atoms with Crippen LogP contribution in [0.4, 0.5) is 5.69 Å². The summed E-state index contributed by atoms with van der Waals surface area (Å²) in [6.45, 7) is 6.60. The molecule has 0 bridgehead atoms. The molecule has 102 valence electrons. The zero-order valence-electron chi connectivity index (χ0n) is 11.6. The van der Waals surface area contributed by atoms with Crippen molar-refractivity contribution in [2.24, 2.45) is 5.92 Å². The highest BCUT2D eigenvalue weighted by molar-refractivity contribution is 6.01. The first kappa shape index (κ1) is 13.6. The van der Waals surface area contributed by atoms with Crippen LogP contribution in [0.2, 0.25) is 0 Å². The maximum atomic E-state index is 12.2. The van der Waals surface area contributed by atoms with Crippen LogP contribution in [0.5, 0.6) is 5.75 Å². The molecule has 0 fully saturated rings. The van der Waals surface area contributed by atoms with Crippen LogP contribution < -0.4 is 9.64 Å². The summed E-state index contributed by atoms with van der Waals surface area (Å²) in [5.41, 5.74) is 1.34. The molecular weight excluding hydrogens is 242 g/mol. The van der Waals surface area contributed by atoms with Gasteiger partial charge in [0.2, 0.25) is 5.91 Å². The van der Waals surface area contributed by atoms with E-state index in [-0.39, 0.29) is 17.6 Å². The molecule has 4 heteroatoms. The van der Waals surface area contributed by atoms with E-state index in [0.717, 1.165) is 0 Å². The summed E-state index contributed by atoms with van der Waals surface area (Å²) in [6.07, 6.45) is 0.456. The van der Waals surface area contributed by atoms with Gasteiger partial charge >= 0.3 is 0 Å². The smallest absolute Gasteiger partial charge is 0.229 e. The zero-order valence-corrected chi connectivity index (χ0v) is 11.6. The average molecular weight is 261 g/mol. The van der Waals surface area contributed by atoms with E-state index >= 15 is 0 Å². The highest BCUT2D eigenvalue weighted by atomic mass is 16.5. The van der Waals surface area contributed by atoms with Gasteiger partial charge in [0.15, 0.2) is 5.78 Å². The molecule has 1 aromatic rings. The molecule has 0 atom stereocenters. The summed E-state index contributed by atoms with van der Waals surface area (Å²) in [4.78, 5) is 25.7. The summed E-state index contributed by atoms with van der Waals surface area (Å²) >= 11 is 0. The van der Waals surface area contributed by atoms with Crippen molar-refractivity contribution in [1.82, 2.24) is 0 Å². The van der Waals surface area contributed by atoms with Crippen molar-refractivity contribution < 1.29 is 14.3 Å². The van der Waals surface area contributed by atoms with Crippen LogP contribution in [0.1, 0.15) is 37.6 Å². The molecule has 0 spiro atoms. The first-order valence-electron chi connectivity index (χ1n) is 6.66. The number of rotatable bonds is 3. The minimum absolute atomic E-state index is 0.0608. The number of carbonyl (C=O) groups is 2. The van der Waals surface area contributed by atoms with Gasteiger partial charge in [0, 0.05) is 17.9 Å². The van der Waals surface area contributed by atoms with Gasteiger partial charge in [0.25, 0.3) is 0 Å². The van der Waals surface area contributed by atoms with Crippen molar-refractivity contribution in [3.63, 3.8) is 0 Å². The Bertz CT molecular complexity index is 508. The number of hydrogen-bond acceptors (Lipinski definition) is 3. The van der Waals surface area contributed by atoms with Gasteiger partial charge in [-0.3, -0.25) is 9.59 Å². The van der Waals surface area contributed by atoms with Gasteiger partial charge in [-0.25, -0.2) is 0 Å². The lowest BCUT2D eigenvalue weighted by atomic mass is 10.1. The van der Waals surface area contributed by atoms with E-state index in [9.17, 15) is 9.59 Å². The quantitative estimate of drug-likeness (QED) is 0.786. The lowest BCUT2D eigenvalue weighted by Crippen LogP contribution is -2.40. The first-order valence-corrected chi connectivity index (χ1v) is 6.66. The Labute approximate surface area is 113 Å². The number of amides is 1. The van der Waals surface area contributed by atoms with Gasteiger partial charge < -0.3 is 9.64 Å². The Kier molecular flexibility index (Phi) is 3.88. The van der Waals surface area contributed by atoms with E-state index in [1.54, 1.807) is 23.1 Å². The molecule has 1 aliphatic heterocycles. The number of anilines is 1. The number of carbonyl (C=O) groups excluding carboxylic acids is 2. The van der Waals surface area contributed by atoms with Crippen LogP contribution in [0.3, 0.4) is 0 Å². The summed E-state index contributed by atoms with van der Waals surface area (Å²) in [5, 5.41) is 0. The van der Waals surface area contributed by atoms with Crippen LogP contribution in [0, 0.1) is 5.92 Å². The third-order valence-corrected chi connectivity index (χ3v) is 3.23. The van der Waals surface area contributed by atoms with Gasteiger partial charge in [0.1, 0.15) is 12.4 Å². The minimum atomic E-state index is -0.0727. The predicted octanol–water partition coefficient (Wildman–Crippen LogP) is 2.66. The number of nitrogens with zero attached hydrogens (tertiary/aromatic N) is 1. The molecule has 0 aliphatic carbocycles.